The van der Waals surface area contributed by atoms with E-state index in [0.717, 1.165) is 16.8 Å². The first-order valence-electron chi connectivity index (χ1n) is 11.2. The average Bonchev–Trinajstić information content (AvgIpc) is 2.88. The highest BCUT2D eigenvalue weighted by molar-refractivity contribution is 5.97. The SMILES string of the molecule is O=C(NCC(=O)N1CCC(C(=O)Nc2ccccc2)CC1)c1ccc(-c2ccccc2)cc1. The topological polar surface area (TPSA) is 78.5 Å². The molecule has 1 aliphatic heterocycles. The maximum atomic E-state index is 12.6. The highest BCUT2D eigenvalue weighted by Gasteiger charge is 2.27. The van der Waals surface area contributed by atoms with Gasteiger partial charge in [-0.05, 0) is 48.2 Å². The fourth-order valence-corrected chi connectivity index (χ4v) is 3.97. The minimum Gasteiger partial charge on any atom is -0.343 e. The Kier molecular flexibility index (Phi) is 7.15. The molecule has 0 saturated carbocycles. The number of amides is 3. The van der Waals surface area contributed by atoms with Gasteiger partial charge in [-0.25, -0.2) is 0 Å². The molecule has 1 heterocycles. The Balaban J connectivity index is 1.22. The van der Waals surface area contributed by atoms with Crippen LogP contribution in [0.2, 0.25) is 0 Å². The minimum absolute atomic E-state index is 0.0134. The monoisotopic (exact) mass is 441 g/mol. The number of benzene rings is 3. The Bertz CT molecular complexity index is 1090. The van der Waals surface area contributed by atoms with Gasteiger partial charge in [0.1, 0.15) is 0 Å². The fraction of sp³-hybridized carbons (Fsp3) is 0.222. The van der Waals surface area contributed by atoms with Crippen LogP contribution in [-0.4, -0.2) is 42.3 Å². The maximum Gasteiger partial charge on any atom is 0.251 e. The van der Waals surface area contributed by atoms with Crippen molar-refractivity contribution in [3.63, 3.8) is 0 Å². The molecule has 0 aliphatic carbocycles. The summed E-state index contributed by atoms with van der Waals surface area (Å²) in [6.07, 6.45) is 1.22. The lowest BCUT2D eigenvalue weighted by Crippen LogP contribution is -2.45. The van der Waals surface area contributed by atoms with Crippen molar-refractivity contribution >= 4 is 23.4 Å². The lowest BCUT2D eigenvalue weighted by Gasteiger charge is -2.31. The molecule has 4 rings (SSSR count). The predicted molar refractivity (Wildman–Crippen MR) is 129 cm³/mol. The minimum atomic E-state index is -0.278. The lowest BCUT2D eigenvalue weighted by atomic mass is 9.95. The Hall–Kier alpha value is -3.93. The Morgan fingerprint density at radius 2 is 1.33 bits per heavy atom. The quantitative estimate of drug-likeness (QED) is 0.608. The largest absolute Gasteiger partial charge is 0.343 e. The van der Waals surface area contributed by atoms with Crippen molar-refractivity contribution in [1.29, 1.82) is 0 Å². The van der Waals surface area contributed by atoms with Crippen LogP contribution in [0.3, 0.4) is 0 Å². The lowest BCUT2D eigenvalue weighted by molar-refractivity contribution is -0.133. The van der Waals surface area contributed by atoms with Crippen LogP contribution in [-0.2, 0) is 9.59 Å². The van der Waals surface area contributed by atoms with Crippen LogP contribution in [0, 0.1) is 5.92 Å². The Morgan fingerprint density at radius 3 is 1.97 bits per heavy atom. The van der Waals surface area contributed by atoms with Crippen molar-refractivity contribution in [2.24, 2.45) is 5.92 Å². The third-order valence-electron chi connectivity index (χ3n) is 5.91. The fourth-order valence-electron chi connectivity index (χ4n) is 3.97. The summed E-state index contributed by atoms with van der Waals surface area (Å²) in [7, 11) is 0. The molecular weight excluding hydrogens is 414 g/mol. The van der Waals surface area contributed by atoms with Crippen LogP contribution >= 0.6 is 0 Å². The van der Waals surface area contributed by atoms with Gasteiger partial charge in [-0.1, -0.05) is 60.7 Å². The first-order valence-corrected chi connectivity index (χ1v) is 11.2. The van der Waals surface area contributed by atoms with Gasteiger partial charge in [0.2, 0.25) is 11.8 Å². The molecule has 0 unspecified atom stereocenters. The van der Waals surface area contributed by atoms with Gasteiger partial charge in [0.25, 0.3) is 5.91 Å². The number of carbonyl (C=O) groups excluding carboxylic acids is 3. The van der Waals surface area contributed by atoms with Crippen LogP contribution in [0.1, 0.15) is 23.2 Å². The molecule has 0 radical (unpaired) electrons. The molecule has 0 atom stereocenters. The van der Waals surface area contributed by atoms with Crippen LogP contribution in [0.4, 0.5) is 5.69 Å². The predicted octanol–water partition coefficient (Wildman–Crippen LogP) is 3.96. The van der Waals surface area contributed by atoms with Gasteiger partial charge >= 0.3 is 0 Å². The van der Waals surface area contributed by atoms with Gasteiger partial charge in [0.15, 0.2) is 0 Å². The second kappa shape index (κ2) is 10.6. The van der Waals surface area contributed by atoms with Gasteiger partial charge in [-0.2, -0.15) is 0 Å². The summed E-state index contributed by atoms with van der Waals surface area (Å²) in [4.78, 5) is 39.2. The van der Waals surface area contributed by atoms with Gasteiger partial charge < -0.3 is 15.5 Å². The molecule has 3 aromatic carbocycles. The molecule has 6 nitrogen and oxygen atoms in total. The van der Waals surface area contributed by atoms with Crippen LogP contribution in [0.25, 0.3) is 11.1 Å². The summed E-state index contributed by atoms with van der Waals surface area (Å²) in [6, 6.07) is 26.6. The number of anilines is 1. The van der Waals surface area contributed by atoms with E-state index >= 15 is 0 Å². The summed E-state index contributed by atoms with van der Waals surface area (Å²) in [5.74, 6) is -0.543. The van der Waals surface area contributed by atoms with Crippen molar-refractivity contribution in [3.05, 3.63) is 90.5 Å². The number of likely N-dealkylation sites (tertiary alicyclic amines) is 1. The molecule has 168 valence electrons. The van der Waals surface area contributed by atoms with Crippen molar-refractivity contribution in [2.45, 2.75) is 12.8 Å². The zero-order valence-electron chi connectivity index (χ0n) is 18.4. The summed E-state index contributed by atoms with van der Waals surface area (Å²) in [5.41, 5.74) is 3.40. The number of rotatable bonds is 6. The molecular formula is C27H27N3O3. The number of piperidine rings is 1. The number of para-hydroxylation sites is 1. The molecule has 1 saturated heterocycles. The Labute approximate surface area is 193 Å². The van der Waals surface area contributed by atoms with Gasteiger partial charge in [0.05, 0.1) is 6.54 Å². The summed E-state index contributed by atoms with van der Waals surface area (Å²) in [5, 5.41) is 5.64. The maximum absolute atomic E-state index is 12.6. The smallest absolute Gasteiger partial charge is 0.251 e. The standard InChI is InChI=1S/C27H27N3O3/c31-25(30-17-15-23(16-18-30)27(33)29-24-9-5-2-6-10-24)19-28-26(32)22-13-11-21(12-14-22)20-7-3-1-4-8-20/h1-14,23H,15-19H2,(H,28,32)(H,29,33). The van der Waals surface area contributed by atoms with Gasteiger partial charge in [0, 0.05) is 30.3 Å². The van der Waals surface area contributed by atoms with E-state index in [2.05, 4.69) is 10.6 Å². The van der Waals surface area contributed by atoms with Crippen LogP contribution in [0.15, 0.2) is 84.9 Å². The normalized spacial score (nSPS) is 13.9. The number of hydrogen-bond donors (Lipinski definition) is 2. The average molecular weight is 442 g/mol. The molecule has 3 aromatic rings. The third kappa shape index (κ3) is 5.86. The van der Waals surface area contributed by atoms with Crippen molar-refractivity contribution in [3.8, 4) is 11.1 Å². The second-order valence-corrected chi connectivity index (χ2v) is 8.14. The number of nitrogens with one attached hydrogen (secondary N) is 2. The van der Waals surface area contributed by atoms with Gasteiger partial charge in [-0.15, -0.1) is 0 Å². The van der Waals surface area contributed by atoms with E-state index in [-0.39, 0.29) is 30.2 Å². The third-order valence-corrected chi connectivity index (χ3v) is 5.91. The second-order valence-electron chi connectivity index (χ2n) is 8.14. The summed E-state index contributed by atoms with van der Waals surface area (Å²) < 4.78 is 0. The summed E-state index contributed by atoms with van der Waals surface area (Å²) in [6.45, 7) is 0.959. The molecule has 0 bridgehead atoms. The number of hydrogen-bond acceptors (Lipinski definition) is 3. The van der Waals surface area contributed by atoms with E-state index < -0.39 is 0 Å². The van der Waals surface area contributed by atoms with Gasteiger partial charge in [-0.3, -0.25) is 14.4 Å². The van der Waals surface area contributed by atoms with E-state index in [0.29, 0.717) is 31.5 Å². The molecule has 0 aromatic heterocycles. The number of nitrogens with zero attached hydrogens (tertiary/aromatic N) is 1. The first-order chi connectivity index (χ1) is 16.1. The molecule has 3 amide bonds. The molecule has 6 heteroatoms. The molecule has 1 aliphatic rings. The van der Waals surface area contributed by atoms with Crippen LogP contribution < -0.4 is 10.6 Å². The highest BCUT2D eigenvalue weighted by atomic mass is 16.2. The molecule has 0 spiro atoms. The van der Waals surface area contributed by atoms with E-state index in [1.54, 1.807) is 17.0 Å². The Morgan fingerprint density at radius 1 is 0.758 bits per heavy atom. The molecule has 33 heavy (non-hydrogen) atoms. The van der Waals surface area contributed by atoms with E-state index in [9.17, 15) is 14.4 Å². The van der Waals surface area contributed by atoms with E-state index in [1.165, 1.54) is 0 Å². The van der Waals surface area contributed by atoms with Crippen molar-refractivity contribution in [2.75, 3.05) is 25.0 Å². The first kappa shape index (κ1) is 22.3. The van der Waals surface area contributed by atoms with E-state index in [1.807, 2.05) is 72.8 Å². The zero-order chi connectivity index (χ0) is 23.0. The number of carbonyl (C=O) groups is 3. The molecule has 2 N–H and O–H groups in total. The van der Waals surface area contributed by atoms with Crippen molar-refractivity contribution < 1.29 is 14.4 Å². The summed E-state index contributed by atoms with van der Waals surface area (Å²) >= 11 is 0. The highest BCUT2D eigenvalue weighted by Crippen LogP contribution is 2.20. The molecule has 1 fully saturated rings. The zero-order valence-corrected chi connectivity index (χ0v) is 18.4. The van der Waals surface area contributed by atoms with E-state index in [4.69, 9.17) is 0 Å². The van der Waals surface area contributed by atoms with Crippen LogP contribution in [0.5, 0.6) is 0 Å². The van der Waals surface area contributed by atoms with Crippen molar-refractivity contribution in [1.82, 2.24) is 10.2 Å².